The zero-order valence-electron chi connectivity index (χ0n) is 15.1. The Labute approximate surface area is 145 Å². The maximum absolute atomic E-state index is 5.85. The molecule has 6 nitrogen and oxygen atoms in total. The normalized spacial score (nSPS) is 11.8. The third kappa shape index (κ3) is 10.1. The molecule has 0 heterocycles. The van der Waals surface area contributed by atoms with Crippen LogP contribution >= 0.6 is 0 Å². The van der Waals surface area contributed by atoms with Crippen molar-refractivity contribution in [1.29, 1.82) is 0 Å². The third-order valence-corrected chi connectivity index (χ3v) is 3.03. The minimum atomic E-state index is 0.160. The number of ether oxygens (including phenoxy) is 3. The lowest BCUT2D eigenvalue weighted by molar-refractivity contribution is 0.0498. The van der Waals surface area contributed by atoms with Gasteiger partial charge in [-0.3, -0.25) is 4.99 Å². The molecule has 0 amide bonds. The van der Waals surface area contributed by atoms with Crippen LogP contribution in [0.25, 0.3) is 0 Å². The van der Waals surface area contributed by atoms with Crippen molar-refractivity contribution in [3.8, 4) is 5.75 Å². The van der Waals surface area contributed by atoms with Crippen LogP contribution in [0.5, 0.6) is 5.75 Å². The monoisotopic (exact) mass is 337 g/mol. The summed E-state index contributed by atoms with van der Waals surface area (Å²) in [6.07, 6.45) is 2.40. The van der Waals surface area contributed by atoms with Gasteiger partial charge in [0, 0.05) is 12.3 Å². The number of anilines is 1. The molecule has 0 fully saturated rings. The maximum Gasteiger partial charge on any atom is 0.193 e. The lowest BCUT2D eigenvalue weighted by Crippen LogP contribution is -2.23. The van der Waals surface area contributed by atoms with E-state index < -0.39 is 0 Å². The predicted octanol–water partition coefficient (Wildman–Crippen LogP) is 3.03. The van der Waals surface area contributed by atoms with Crippen LogP contribution in [0.4, 0.5) is 5.69 Å². The van der Waals surface area contributed by atoms with Gasteiger partial charge in [-0.2, -0.15) is 0 Å². The number of nitrogens with zero attached hydrogens (tertiary/aromatic N) is 1. The first-order valence-electron chi connectivity index (χ1n) is 8.61. The van der Waals surface area contributed by atoms with Crippen molar-refractivity contribution in [2.75, 3.05) is 38.3 Å². The number of rotatable bonds is 12. The van der Waals surface area contributed by atoms with Crippen molar-refractivity contribution in [3.63, 3.8) is 0 Å². The van der Waals surface area contributed by atoms with E-state index in [9.17, 15) is 0 Å². The second-order valence-corrected chi connectivity index (χ2v) is 5.66. The number of benzene rings is 1. The van der Waals surface area contributed by atoms with E-state index in [4.69, 9.17) is 19.9 Å². The molecule has 0 aliphatic rings. The summed E-state index contributed by atoms with van der Waals surface area (Å²) in [5.41, 5.74) is 6.72. The molecule has 0 aromatic heterocycles. The standard InChI is InChI=1S/C18H31N3O3/c1-4-5-11-22-13-14-23-12-10-20-18(19)21-16-6-8-17(9-7-16)24-15(2)3/h6-9,15H,4-5,10-14H2,1-3H3,(H3,19,20,21). The first kappa shape index (κ1) is 20.3. The Morgan fingerprint density at radius 2 is 1.75 bits per heavy atom. The molecular formula is C18H31N3O3. The molecule has 0 unspecified atom stereocenters. The Morgan fingerprint density at radius 3 is 2.38 bits per heavy atom. The van der Waals surface area contributed by atoms with Crippen LogP contribution in [0.2, 0.25) is 0 Å². The summed E-state index contributed by atoms with van der Waals surface area (Å²) < 4.78 is 16.4. The maximum atomic E-state index is 5.85. The first-order chi connectivity index (χ1) is 11.6. The Hall–Kier alpha value is -1.79. The zero-order chi connectivity index (χ0) is 17.6. The van der Waals surface area contributed by atoms with E-state index in [0.29, 0.717) is 32.3 Å². The molecule has 0 saturated heterocycles. The SMILES string of the molecule is CCCCOCCOCCN=C(N)Nc1ccc(OC(C)C)cc1. The third-order valence-electron chi connectivity index (χ3n) is 3.03. The summed E-state index contributed by atoms with van der Waals surface area (Å²) in [6, 6.07) is 7.61. The largest absolute Gasteiger partial charge is 0.491 e. The lowest BCUT2D eigenvalue weighted by atomic mass is 10.3. The average Bonchev–Trinajstić information content (AvgIpc) is 2.55. The van der Waals surface area contributed by atoms with Crippen LogP contribution in [0.3, 0.4) is 0 Å². The van der Waals surface area contributed by atoms with E-state index >= 15 is 0 Å². The van der Waals surface area contributed by atoms with Gasteiger partial charge < -0.3 is 25.3 Å². The molecular weight excluding hydrogens is 306 g/mol. The van der Waals surface area contributed by atoms with Crippen molar-refractivity contribution in [2.24, 2.45) is 10.7 Å². The van der Waals surface area contributed by atoms with E-state index in [-0.39, 0.29) is 6.10 Å². The van der Waals surface area contributed by atoms with Gasteiger partial charge in [0.25, 0.3) is 0 Å². The topological polar surface area (TPSA) is 78.1 Å². The second-order valence-electron chi connectivity index (χ2n) is 5.66. The van der Waals surface area contributed by atoms with Gasteiger partial charge in [0.05, 0.1) is 32.5 Å². The summed E-state index contributed by atoms with van der Waals surface area (Å²) in [6.45, 7) is 9.20. The van der Waals surface area contributed by atoms with E-state index in [2.05, 4.69) is 17.2 Å². The second kappa shape index (κ2) is 12.6. The van der Waals surface area contributed by atoms with Crippen LogP contribution in [0.15, 0.2) is 29.3 Å². The van der Waals surface area contributed by atoms with Gasteiger partial charge in [-0.15, -0.1) is 0 Å². The van der Waals surface area contributed by atoms with Crippen LogP contribution < -0.4 is 15.8 Å². The quantitative estimate of drug-likeness (QED) is 0.348. The molecule has 1 aromatic carbocycles. The van der Waals surface area contributed by atoms with Crippen molar-refractivity contribution in [3.05, 3.63) is 24.3 Å². The molecule has 0 radical (unpaired) electrons. The molecule has 0 saturated carbocycles. The van der Waals surface area contributed by atoms with E-state index in [1.807, 2.05) is 38.1 Å². The minimum absolute atomic E-state index is 0.160. The molecule has 1 aromatic rings. The van der Waals surface area contributed by atoms with Gasteiger partial charge in [0.1, 0.15) is 5.75 Å². The van der Waals surface area contributed by atoms with Gasteiger partial charge >= 0.3 is 0 Å². The molecule has 0 aliphatic heterocycles. The molecule has 136 valence electrons. The smallest absolute Gasteiger partial charge is 0.193 e. The van der Waals surface area contributed by atoms with Crippen molar-refractivity contribution >= 4 is 11.6 Å². The highest BCUT2D eigenvalue weighted by molar-refractivity contribution is 5.92. The molecule has 0 atom stereocenters. The number of nitrogens with one attached hydrogen (secondary N) is 1. The molecule has 0 bridgehead atoms. The Morgan fingerprint density at radius 1 is 1.08 bits per heavy atom. The summed E-state index contributed by atoms with van der Waals surface area (Å²) in [5, 5.41) is 3.04. The zero-order valence-corrected chi connectivity index (χ0v) is 15.1. The molecule has 24 heavy (non-hydrogen) atoms. The van der Waals surface area contributed by atoms with E-state index in [1.54, 1.807) is 0 Å². The van der Waals surface area contributed by atoms with Crippen LogP contribution in [0, 0.1) is 0 Å². The fraction of sp³-hybridized carbons (Fsp3) is 0.611. The number of hydrogen-bond acceptors (Lipinski definition) is 4. The summed E-state index contributed by atoms with van der Waals surface area (Å²) in [5.74, 6) is 1.20. The molecule has 6 heteroatoms. The van der Waals surface area contributed by atoms with Gasteiger partial charge in [-0.05, 0) is 44.5 Å². The fourth-order valence-corrected chi connectivity index (χ4v) is 1.88. The minimum Gasteiger partial charge on any atom is -0.491 e. The van der Waals surface area contributed by atoms with Gasteiger partial charge in [0.2, 0.25) is 0 Å². The van der Waals surface area contributed by atoms with Crippen molar-refractivity contribution in [2.45, 2.75) is 39.7 Å². The number of guanidine groups is 1. The molecule has 0 aliphatic carbocycles. The number of nitrogens with two attached hydrogens (primary N) is 1. The molecule has 1 rings (SSSR count). The van der Waals surface area contributed by atoms with Crippen LogP contribution in [-0.2, 0) is 9.47 Å². The molecule has 3 N–H and O–H groups in total. The van der Waals surface area contributed by atoms with Gasteiger partial charge in [-0.1, -0.05) is 13.3 Å². The summed E-state index contributed by atoms with van der Waals surface area (Å²) >= 11 is 0. The highest BCUT2D eigenvalue weighted by Crippen LogP contribution is 2.16. The number of aliphatic imine (C=N–C) groups is 1. The Balaban J connectivity index is 2.15. The Kier molecular flexibility index (Phi) is 10.6. The van der Waals surface area contributed by atoms with Crippen LogP contribution in [-0.4, -0.2) is 45.0 Å². The number of unbranched alkanes of at least 4 members (excludes halogenated alkanes) is 1. The van der Waals surface area contributed by atoms with Gasteiger partial charge in [0.15, 0.2) is 5.96 Å². The molecule has 0 spiro atoms. The first-order valence-corrected chi connectivity index (χ1v) is 8.61. The van der Waals surface area contributed by atoms with Gasteiger partial charge in [-0.25, -0.2) is 0 Å². The fourth-order valence-electron chi connectivity index (χ4n) is 1.88. The summed E-state index contributed by atoms with van der Waals surface area (Å²) in [4.78, 5) is 4.22. The summed E-state index contributed by atoms with van der Waals surface area (Å²) in [7, 11) is 0. The highest BCUT2D eigenvalue weighted by atomic mass is 16.5. The van der Waals surface area contributed by atoms with Crippen LogP contribution in [0.1, 0.15) is 33.6 Å². The lowest BCUT2D eigenvalue weighted by Gasteiger charge is -2.11. The van der Waals surface area contributed by atoms with Crippen molar-refractivity contribution in [1.82, 2.24) is 0 Å². The van der Waals surface area contributed by atoms with Crippen molar-refractivity contribution < 1.29 is 14.2 Å². The Bertz CT molecular complexity index is 461. The van der Waals surface area contributed by atoms with E-state index in [0.717, 1.165) is 30.9 Å². The van der Waals surface area contributed by atoms with E-state index in [1.165, 1.54) is 0 Å². The highest BCUT2D eigenvalue weighted by Gasteiger charge is 1.99. The number of hydrogen-bond donors (Lipinski definition) is 2. The predicted molar refractivity (Wildman–Crippen MR) is 98.9 cm³/mol. The average molecular weight is 337 g/mol.